The maximum atomic E-state index is 2.57. The number of nitrogens with zero attached hydrogens (tertiary/aromatic N) is 1. The molecule has 2 atom stereocenters. The molecule has 0 aromatic heterocycles. The van der Waals surface area contributed by atoms with Crippen molar-refractivity contribution in [2.24, 2.45) is 5.92 Å². The molecule has 0 N–H and O–H groups in total. The van der Waals surface area contributed by atoms with E-state index in [1.54, 1.807) is 0 Å². The number of piperidine rings is 1. The van der Waals surface area contributed by atoms with E-state index in [1.165, 1.54) is 38.6 Å². The van der Waals surface area contributed by atoms with Crippen molar-refractivity contribution in [3.05, 3.63) is 0 Å². The van der Waals surface area contributed by atoms with Crippen molar-refractivity contribution in [2.75, 3.05) is 13.6 Å². The Hall–Kier alpha value is -0.0400. The van der Waals surface area contributed by atoms with Crippen LogP contribution in [0, 0.1) is 5.92 Å². The Morgan fingerprint density at radius 2 is 1.67 bits per heavy atom. The van der Waals surface area contributed by atoms with Gasteiger partial charge in [-0.15, -0.1) is 0 Å². The van der Waals surface area contributed by atoms with Crippen LogP contribution in [0.5, 0.6) is 0 Å². The van der Waals surface area contributed by atoms with Gasteiger partial charge in [0, 0.05) is 6.04 Å². The van der Waals surface area contributed by atoms with Gasteiger partial charge in [-0.1, -0.05) is 20.3 Å². The molecule has 2 rings (SSSR count). The minimum absolute atomic E-state index is 0.966. The molecule has 2 aliphatic rings. The fraction of sp³-hybridized carbons (Fsp3) is 1.00. The van der Waals surface area contributed by atoms with Crippen molar-refractivity contribution in [1.82, 2.24) is 4.90 Å². The zero-order valence-electron chi connectivity index (χ0n) is 8.84. The van der Waals surface area contributed by atoms with E-state index < -0.39 is 0 Å². The van der Waals surface area contributed by atoms with Crippen LogP contribution in [-0.2, 0) is 0 Å². The molecule has 1 saturated heterocycles. The van der Waals surface area contributed by atoms with Gasteiger partial charge in [0.05, 0.1) is 0 Å². The maximum Gasteiger partial charge on any atom is 0.0120 e. The predicted molar refractivity (Wildman–Crippen MR) is 54.3 cm³/mol. The summed E-state index contributed by atoms with van der Waals surface area (Å²) in [7, 11) is 2.29. The first-order chi connectivity index (χ1) is 5.88. The molecule has 1 saturated carbocycles. The second-order valence-corrected chi connectivity index (χ2v) is 3.88. The summed E-state index contributed by atoms with van der Waals surface area (Å²) in [4.78, 5) is 2.57. The van der Waals surface area contributed by atoms with Gasteiger partial charge in [-0.25, -0.2) is 0 Å². The molecule has 0 amide bonds. The van der Waals surface area contributed by atoms with E-state index >= 15 is 0 Å². The van der Waals surface area contributed by atoms with Crippen LogP contribution in [0.2, 0.25) is 0 Å². The number of fused-ring (bicyclic) bond motifs is 1. The molecule has 1 aliphatic carbocycles. The van der Waals surface area contributed by atoms with Crippen molar-refractivity contribution in [1.29, 1.82) is 0 Å². The average Bonchev–Trinajstić information content (AvgIpc) is 2.57. The first kappa shape index (κ1) is 10.0. The largest absolute Gasteiger partial charge is 0.303 e. The van der Waals surface area contributed by atoms with Crippen molar-refractivity contribution < 1.29 is 0 Å². The van der Waals surface area contributed by atoms with E-state index in [-0.39, 0.29) is 0 Å². The Morgan fingerprint density at radius 3 is 2.33 bits per heavy atom. The third kappa shape index (κ3) is 2.01. The van der Waals surface area contributed by atoms with Gasteiger partial charge < -0.3 is 4.90 Å². The van der Waals surface area contributed by atoms with Crippen LogP contribution < -0.4 is 0 Å². The first-order valence-electron chi connectivity index (χ1n) is 5.58. The monoisotopic (exact) mass is 169 g/mol. The summed E-state index contributed by atoms with van der Waals surface area (Å²) in [5, 5.41) is 0. The molecule has 0 aromatic carbocycles. The molecule has 12 heavy (non-hydrogen) atoms. The highest BCUT2D eigenvalue weighted by Gasteiger charge is 2.32. The van der Waals surface area contributed by atoms with Gasteiger partial charge in [0.25, 0.3) is 0 Å². The minimum Gasteiger partial charge on any atom is -0.303 e. The van der Waals surface area contributed by atoms with Gasteiger partial charge >= 0.3 is 0 Å². The summed E-state index contributed by atoms with van der Waals surface area (Å²) in [5.74, 6) is 1.07. The molecule has 1 aliphatic heterocycles. The van der Waals surface area contributed by atoms with E-state index in [4.69, 9.17) is 0 Å². The lowest BCUT2D eigenvalue weighted by atomic mass is 9.93. The van der Waals surface area contributed by atoms with E-state index in [2.05, 4.69) is 11.9 Å². The van der Waals surface area contributed by atoms with Crippen LogP contribution in [0.4, 0.5) is 0 Å². The predicted octanol–water partition coefficient (Wildman–Crippen LogP) is 2.91. The molecular formula is C11H23N. The zero-order chi connectivity index (χ0) is 8.97. The summed E-state index contributed by atoms with van der Waals surface area (Å²) in [6.45, 7) is 5.35. The van der Waals surface area contributed by atoms with Crippen LogP contribution >= 0.6 is 0 Å². The van der Waals surface area contributed by atoms with E-state index in [9.17, 15) is 0 Å². The Morgan fingerprint density at radius 1 is 1.00 bits per heavy atom. The lowest BCUT2D eigenvalue weighted by Gasteiger charge is -2.34. The number of hydrogen-bond acceptors (Lipinski definition) is 1. The van der Waals surface area contributed by atoms with Crippen molar-refractivity contribution in [3.63, 3.8) is 0 Å². The fourth-order valence-electron chi connectivity index (χ4n) is 2.70. The molecule has 0 radical (unpaired) electrons. The average molecular weight is 169 g/mol. The van der Waals surface area contributed by atoms with Gasteiger partial charge in [-0.05, 0) is 45.2 Å². The third-order valence-corrected chi connectivity index (χ3v) is 3.27. The van der Waals surface area contributed by atoms with Gasteiger partial charge in [0.1, 0.15) is 0 Å². The molecular weight excluding hydrogens is 146 g/mol. The smallest absolute Gasteiger partial charge is 0.0120 e. The van der Waals surface area contributed by atoms with Crippen LogP contribution in [0.1, 0.15) is 46.0 Å². The van der Waals surface area contributed by atoms with Crippen molar-refractivity contribution in [3.8, 4) is 0 Å². The quantitative estimate of drug-likeness (QED) is 0.539. The molecule has 1 heterocycles. The number of hydrogen-bond donors (Lipinski definition) is 0. The molecule has 0 bridgehead atoms. The van der Waals surface area contributed by atoms with E-state index in [1.807, 2.05) is 13.8 Å². The summed E-state index contributed by atoms with van der Waals surface area (Å²) in [6.07, 6.45) is 7.42. The number of rotatable bonds is 0. The lowest BCUT2D eigenvalue weighted by Crippen LogP contribution is -2.39. The fourth-order valence-corrected chi connectivity index (χ4v) is 2.70. The standard InChI is InChI=1S/C9H17N.C2H6/c1-10-7-3-5-8-4-2-6-9(8)10;1-2/h8-9H,2-7H2,1H3;1-2H3. The first-order valence-corrected chi connectivity index (χ1v) is 5.58. The summed E-state index contributed by atoms with van der Waals surface area (Å²) in [6, 6.07) is 0.966. The van der Waals surface area contributed by atoms with Gasteiger partial charge in [0.2, 0.25) is 0 Å². The Bertz CT molecular complexity index is 122. The molecule has 0 aromatic rings. The Kier molecular flexibility index (Phi) is 4.07. The van der Waals surface area contributed by atoms with Crippen LogP contribution in [0.15, 0.2) is 0 Å². The van der Waals surface area contributed by atoms with Gasteiger partial charge in [0.15, 0.2) is 0 Å². The second-order valence-electron chi connectivity index (χ2n) is 3.88. The molecule has 2 unspecified atom stereocenters. The summed E-state index contributed by atoms with van der Waals surface area (Å²) >= 11 is 0. The van der Waals surface area contributed by atoms with Crippen molar-refractivity contribution in [2.45, 2.75) is 52.0 Å². The second kappa shape index (κ2) is 4.86. The van der Waals surface area contributed by atoms with E-state index in [0.29, 0.717) is 0 Å². The minimum atomic E-state index is 0.966. The lowest BCUT2D eigenvalue weighted by molar-refractivity contribution is 0.144. The summed E-state index contributed by atoms with van der Waals surface area (Å²) in [5.41, 5.74) is 0. The molecule has 72 valence electrons. The van der Waals surface area contributed by atoms with Crippen LogP contribution in [0.25, 0.3) is 0 Å². The zero-order valence-corrected chi connectivity index (χ0v) is 8.84. The molecule has 0 spiro atoms. The highest BCUT2D eigenvalue weighted by atomic mass is 15.1. The van der Waals surface area contributed by atoms with Gasteiger partial charge in [-0.2, -0.15) is 0 Å². The normalized spacial score (nSPS) is 35.2. The highest BCUT2D eigenvalue weighted by molar-refractivity contribution is 4.87. The Balaban J connectivity index is 0.000000336. The maximum absolute atomic E-state index is 2.57. The SMILES string of the molecule is CC.CN1CCCC2CCCC21. The molecule has 1 heteroatoms. The van der Waals surface area contributed by atoms with Crippen LogP contribution in [0.3, 0.4) is 0 Å². The van der Waals surface area contributed by atoms with Gasteiger partial charge in [-0.3, -0.25) is 0 Å². The Labute approximate surface area is 77.1 Å². The number of likely N-dealkylation sites (tertiary alicyclic amines) is 1. The topological polar surface area (TPSA) is 3.24 Å². The highest BCUT2D eigenvalue weighted by Crippen LogP contribution is 2.35. The molecule has 2 fully saturated rings. The molecule has 1 nitrogen and oxygen atoms in total. The summed E-state index contributed by atoms with van der Waals surface area (Å²) < 4.78 is 0. The van der Waals surface area contributed by atoms with Crippen LogP contribution in [-0.4, -0.2) is 24.5 Å². The third-order valence-electron chi connectivity index (χ3n) is 3.27. The van der Waals surface area contributed by atoms with E-state index in [0.717, 1.165) is 12.0 Å². The van der Waals surface area contributed by atoms with Crippen molar-refractivity contribution >= 4 is 0 Å².